The summed E-state index contributed by atoms with van der Waals surface area (Å²) in [5.74, 6) is 0.533. The summed E-state index contributed by atoms with van der Waals surface area (Å²) >= 11 is 1.83. The maximum atomic E-state index is 12.7. The molecule has 3 heterocycles. The number of hydrogen-bond donors (Lipinski definition) is 1. The van der Waals surface area contributed by atoms with Crippen LogP contribution in [0.4, 0.5) is 0 Å². The van der Waals surface area contributed by atoms with Crippen LogP contribution < -0.4 is 5.32 Å². The lowest BCUT2D eigenvalue weighted by Crippen LogP contribution is -2.38. The van der Waals surface area contributed by atoms with Gasteiger partial charge in [0.2, 0.25) is 0 Å². The van der Waals surface area contributed by atoms with E-state index in [0.29, 0.717) is 11.5 Å². The Balaban J connectivity index is 1.28. The summed E-state index contributed by atoms with van der Waals surface area (Å²) < 4.78 is 0. The first-order chi connectivity index (χ1) is 14.2. The molecule has 1 amide bonds. The van der Waals surface area contributed by atoms with Crippen LogP contribution in [0.3, 0.4) is 0 Å². The van der Waals surface area contributed by atoms with Crippen molar-refractivity contribution in [2.24, 2.45) is 5.92 Å². The fourth-order valence-corrected chi connectivity index (χ4v) is 4.62. The number of hydrogen-bond acceptors (Lipinski definition) is 4. The largest absolute Gasteiger partial charge is 0.352 e. The number of thiophene rings is 1. The number of nitrogens with one attached hydrogen (secondary N) is 1. The smallest absolute Gasteiger partial charge is 0.253 e. The van der Waals surface area contributed by atoms with Gasteiger partial charge in [0.05, 0.1) is 17.0 Å². The topological polar surface area (TPSA) is 45.2 Å². The van der Waals surface area contributed by atoms with Crippen molar-refractivity contribution in [3.8, 4) is 11.3 Å². The van der Waals surface area contributed by atoms with E-state index in [-0.39, 0.29) is 5.91 Å². The van der Waals surface area contributed by atoms with E-state index in [9.17, 15) is 4.79 Å². The second-order valence-electron chi connectivity index (χ2n) is 7.70. The molecule has 29 heavy (non-hydrogen) atoms. The SMILES string of the molecule is Cc1nc(-c2ccccc2)ccc1C(=O)NCC1CCN(Cc2cccs2)CC1. The van der Waals surface area contributed by atoms with Crippen LogP contribution in [0.1, 0.15) is 33.8 Å². The quantitative estimate of drug-likeness (QED) is 0.643. The second kappa shape index (κ2) is 9.33. The Morgan fingerprint density at radius 1 is 1.10 bits per heavy atom. The average molecular weight is 406 g/mol. The van der Waals surface area contributed by atoms with Crippen molar-refractivity contribution in [3.63, 3.8) is 0 Å². The lowest BCUT2D eigenvalue weighted by Gasteiger charge is -2.31. The highest BCUT2D eigenvalue weighted by Gasteiger charge is 2.20. The molecule has 1 saturated heterocycles. The van der Waals surface area contributed by atoms with Gasteiger partial charge in [0.15, 0.2) is 0 Å². The minimum atomic E-state index is -0.0179. The molecule has 5 heteroatoms. The maximum absolute atomic E-state index is 12.7. The Hall–Kier alpha value is -2.50. The van der Waals surface area contributed by atoms with Gasteiger partial charge in [-0.05, 0) is 62.4 Å². The van der Waals surface area contributed by atoms with Crippen LogP contribution in [0, 0.1) is 12.8 Å². The van der Waals surface area contributed by atoms with E-state index >= 15 is 0 Å². The Kier molecular flexibility index (Phi) is 6.37. The molecule has 0 saturated carbocycles. The summed E-state index contributed by atoms with van der Waals surface area (Å²) in [4.78, 5) is 21.3. The molecule has 0 unspecified atom stereocenters. The molecule has 0 aliphatic carbocycles. The highest BCUT2D eigenvalue weighted by molar-refractivity contribution is 7.09. The van der Waals surface area contributed by atoms with Crippen molar-refractivity contribution in [2.45, 2.75) is 26.3 Å². The Bertz CT molecular complexity index is 932. The van der Waals surface area contributed by atoms with Crippen LogP contribution in [0.15, 0.2) is 60.0 Å². The summed E-state index contributed by atoms with van der Waals surface area (Å²) in [5.41, 5.74) is 3.41. The lowest BCUT2D eigenvalue weighted by molar-refractivity contribution is 0.0934. The van der Waals surface area contributed by atoms with E-state index < -0.39 is 0 Å². The van der Waals surface area contributed by atoms with Gasteiger partial charge in [-0.2, -0.15) is 0 Å². The lowest BCUT2D eigenvalue weighted by atomic mass is 9.96. The number of rotatable bonds is 6. The molecule has 0 atom stereocenters. The van der Waals surface area contributed by atoms with Crippen molar-refractivity contribution in [1.29, 1.82) is 0 Å². The molecule has 0 bridgehead atoms. The first kappa shape index (κ1) is 19.8. The number of aromatic nitrogens is 1. The molecular formula is C24H27N3OS. The van der Waals surface area contributed by atoms with E-state index in [0.717, 1.165) is 56.0 Å². The van der Waals surface area contributed by atoms with E-state index in [4.69, 9.17) is 0 Å². The van der Waals surface area contributed by atoms with Crippen molar-refractivity contribution < 1.29 is 4.79 Å². The zero-order chi connectivity index (χ0) is 20.1. The molecular weight excluding hydrogens is 378 g/mol. The van der Waals surface area contributed by atoms with Gasteiger partial charge in [-0.3, -0.25) is 14.7 Å². The molecule has 1 aromatic carbocycles. The van der Waals surface area contributed by atoms with Crippen LogP contribution in [-0.4, -0.2) is 35.4 Å². The van der Waals surface area contributed by atoms with Gasteiger partial charge in [-0.1, -0.05) is 36.4 Å². The fraction of sp³-hybridized carbons (Fsp3) is 0.333. The zero-order valence-corrected chi connectivity index (χ0v) is 17.6. The van der Waals surface area contributed by atoms with Gasteiger partial charge < -0.3 is 5.32 Å². The molecule has 0 radical (unpaired) electrons. The van der Waals surface area contributed by atoms with E-state index in [2.05, 4.69) is 32.7 Å². The highest BCUT2D eigenvalue weighted by atomic mass is 32.1. The zero-order valence-electron chi connectivity index (χ0n) is 16.8. The first-order valence-electron chi connectivity index (χ1n) is 10.2. The standard InChI is InChI=1S/C24H27N3OS/c1-18-22(9-10-23(26-18)20-6-3-2-4-7-20)24(28)25-16-19-11-13-27(14-12-19)17-21-8-5-15-29-21/h2-10,15,19H,11-14,16-17H2,1H3,(H,25,28). The van der Waals surface area contributed by atoms with Crippen molar-refractivity contribution in [1.82, 2.24) is 15.2 Å². The normalized spacial score (nSPS) is 15.3. The van der Waals surface area contributed by atoms with Gasteiger partial charge >= 0.3 is 0 Å². The number of nitrogens with zero attached hydrogens (tertiary/aromatic N) is 2. The Morgan fingerprint density at radius 2 is 1.90 bits per heavy atom. The third kappa shape index (κ3) is 5.11. The van der Waals surface area contributed by atoms with Gasteiger partial charge in [0, 0.05) is 23.5 Å². The molecule has 0 spiro atoms. The van der Waals surface area contributed by atoms with Gasteiger partial charge in [0.1, 0.15) is 0 Å². The molecule has 1 aliphatic rings. The molecule has 1 N–H and O–H groups in total. The molecule has 150 valence electrons. The predicted molar refractivity (Wildman–Crippen MR) is 119 cm³/mol. The third-order valence-electron chi connectivity index (χ3n) is 5.62. The van der Waals surface area contributed by atoms with E-state index in [1.54, 1.807) is 0 Å². The molecule has 3 aromatic rings. The number of carbonyl (C=O) groups excluding carboxylic acids is 1. The summed E-state index contributed by atoms with van der Waals surface area (Å²) in [6.45, 7) is 5.90. The minimum absolute atomic E-state index is 0.0179. The van der Waals surface area contributed by atoms with Crippen LogP contribution in [-0.2, 0) is 6.54 Å². The molecule has 1 fully saturated rings. The number of carbonyl (C=O) groups is 1. The number of benzene rings is 1. The fourth-order valence-electron chi connectivity index (χ4n) is 3.87. The van der Waals surface area contributed by atoms with Gasteiger partial charge in [-0.25, -0.2) is 0 Å². The number of piperidine rings is 1. The third-order valence-corrected chi connectivity index (χ3v) is 6.48. The summed E-state index contributed by atoms with van der Waals surface area (Å²) in [6.07, 6.45) is 2.27. The Morgan fingerprint density at radius 3 is 2.59 bits per heavy atom. The van der Waals surface area contributed by atoms with E-state index in [1.807, 2.05) is 60.7 Å². The predicted octanol–water partition coefficient (Wildman–Crippen LogP) is 4.76. The molecule has 4 rings (SSSR count). The van der Waals surface area contributed by atoms with Crippen LogP contribution in [0.2, 0.25) is 0 Å². The summed E-state index contributed by atoms with van der Waals surface area (Å²) in [7, 11) is 0. The van der Waals surface area contributed by atoms with Crippen molar-refractivity contribution in [3.05, 3.63) is 76.1 Å². The number of likely N-dealkylation sites (tertiary alicyclic amines) is 1. The van der Waals surface area contributed by atoms with Crippen molar-refractivity contribution in [2.75, 3.05) is 19.6 Å². The molecule has 4 nitrogen and oxygen atoms in total. The minimum Gasteiger partial charge on any atom is -0.352 e. The molecule has 1 aliphatic heterocycles. The van der Waals surface area contributed by atoms with Gasteiger partial charge in [0.25, 0.3) is 5.91 Å². The van der Waals surface area contributed by atoms with Crippen LogP contribution in [0.5, 0.6) is 0 Å². The summed E-state index contributed by atoms with van der Waals surface area (Å²) in [5, 5.41) is 5.27. The first-order valence-corrected chi connectivity index (χ1v) is 11.1. The van der Waals surface area contributed by atoms with Gasteiger partial charge in [-0.15, -0.1) is 11.3 Å². The number of aryl methyl sites for hydroxylation is 1. The maximum Gasteiger partial charge on any atom is 0.253 e. The monoisotopic (exact) mass is 405 g/mol. The average Bonchev–Trinajstić information content (AvgIpc) is 3.26. The molecule has 2 aromatic heterocycles. The van der Waals surface area contributed by atoms with Crippen molar-refractivity contribution >= 4 is 17.2 Å². The second-order valence-corrected chi connectivity index (χ2v) is 8.74. The van der Waals surface area contributed by atoms with Crippen LogP contribution in [0.25, 0.3) is 11.3 Å². The highest BCUT2D eigenvalue weighted by Crippen LogP contribution is 2.21. The van der Waals surface area contributed by atoms with E-state index in [1.165, 1.54) is 4.88 Å². The number of amides is 1. The summed E-state index contributed by atoms with van der Waals surface area (Å²) in [6, 6.07) is 18.2. The number of pyridine rings is 1. The van der Waals surface area contributed by atoms with Crippen LogP contribution >= 0.6 is 11.3 Å². The Labute approximate surface area is 176 Å².